The molecule has 0 fully saturated rings. The minimum atomic E-state index is 0.0671. The molecule has 1 rings (SSSR count). The van der Waals surface area contributed by atoms with Crippen LogP contribution in [0.1, 0.15) is 26.0 Å². The largest absolute Gasteiger partial charge is 0.311 e. The molecule has 0 aliphatic carbocycles. The van der Waals surface area contributed by atoms with E-state index in [4.69, 9.17) is 0 Å². The number of nitrogens with zero attached hydrogens (tertiary/aromatic N) is 2. The van der Waals surface area contributed by atoms with Crippen molar-refractivity contribution in [2.45, 2.75) is 27.2 Å². The Kier molecular flexibility index (Phi) is 3.63. The van der Waals surface area contributed by atoms with Gasteiger partial charge in [0.05, 0.1) is 11.9 Å². The summed E-state index contributed by atoms with van der Waals surface area (Å²) < 4.78 is 0. The number of hydrogen-bond donors (Lipinski definition) is 0. The van der Waals surface area contributed by atoms with Gasteiger partial charge in [-0.1, -0.05) is 6.92 Å². The van der Waals surface area contributed by atoms with Gasteiger partial charge < -0.3 is 4.90 Å². The smallest absolute Gasteiger partial charge is 0.223 e. The van der Waals surface area contributed by atoms with Crippen LogP contribution in [-0.2, 0) is 4.79 Å². The van der Waals surface area contributed by atoms with Crippen LogP contribution in [0.2, 0.25) is 0 Å². The van der Waals surface area contributed by atoms with E-state index in [0.29, 0.717) is 0 Å². The van der Waals surface area contributed by atoms with E-state index in [-0.39, 0.29) is 5.91 Å². The molecule has 0 aliphatic rings. The van der Waals surface area contributed by atoms with E-state index in [0.717, 1.165) is 24.3 Å². The maximum atomic E-state index is 11.3. The van der Waals surface area contributed by atoms with Crippen molar-refractivity contribution in [2.75, 3.05) is 11.4 Å². The average Bonchev–Trinajstić information content (AvgIpc) is 2.15. The van der Waals surface area contributed by atoms with Gasteiger partial charge in [0.25, 0.3) is 0 Å². The number of aromatic nitrogens is 1. The summed E-state index contributed by atoms with van der Waals surface area (Å²) >= 11 is 0. The van der Waals surface area contributed by atoms with Crippen molar-refractivity contribution in [1.29, 1.82) is 0 Å². The summed E-state index contributed by atoms with van der Waals surface area (Å²) in [6.07, 6.45) is 2.69. The summed E-state index contributed by atoms with van der Waals surface area (Å²) in [5, 5.41) is 0. The normalized spacial score (nSPS) is 9.93. The maximum Gasteiger partial charge on any atom is 0.223 e. The summed E-state index contributed by atoms with van der Waals surface area (Å²) in [4.78, 5) is 17.2. The summed E-state index contributed by atoms with van der Waals surface area (Å²) in [7, 11) is 0. The lowest BCUT2D eigenvalue weighted by Gasteiger charge is -2.19. The fraction of sp³-hybridized carbons (Fsp3) is 0.455. The summed E-state index contributed by atoms with van der Waals surface area (Å²) in [5.41, 5.74) is 1.85. The Balaban J connectivity index is 2.87. The molecule has 1 heterocycles. The fourth-order valence-corrected chi connectivity index (χ4v) is 1.31. The molecule has 0 saturated heterocycles. The van der Waals surface area contributed by atoms with Crippen LogP contribution >= 0.6 is 0 Å². The van der Waals surface area contributed by atoms with Gasteiger partial charge in [-0.3, -0.25) is 9.78 Å². The van der Waals surface area contributed by atoms with Gasteiger partial charge in [-0.15, -0.1) is 0 Å². The topological polar surface area (TPSA) is 33.2 Å². The Bertz CT molecular complexity index is 306. The van der Waals surface area contributed by atoms with E-state index in [2.05, 4.69) is 11.9 Å². The predicted molar refractivity (Wildman–Crippen MR) is 57.3 cm³/mol. The number of rotatable bonds is 3. The molecule has 0 spiro atoms. The molecule has 1 aromatic heterocycles. The van der Waals surface area contributed by atoms with Crippen molar-refractivity contribution >= 4 is 11.6 Å². The maximum absolute atomic E-state index is 11.3. The van der Waals surface area contributed by atoms with Gasteiger partial charge in [-0.25, -0.2) is 0 Å². The van der Waals surface area contributed by atoms with E-state index in [1.807, 2.05) is 19.1 Å². The first-order valence-corrected chi connectivity index (χ1v) is 4.86. The van der Waals surface area contributed by atoms with Crippen LogP contribution in [0.4, 0.5) is 5.69 Å². The first kappa shape index (κ1) is 10.7. The zero-order valence-corrected chi connectivity index (χ0v) is 8.95. The van der Waals surface area contributed by atoms with Gasteiger partial charge in [-0.05, 0) is 25.5 Å². The molecule has 1 aromatic rings. The highest BCUT2D eigenvalue weighted by Crippen LogP contribution is 2.13. The molecule has 0 N–H and O–H groups in total. The number of carbonyl (C=O) groups excluding carboxylic acids is 1. The van der Waals surface area contributed by atoms with Crippen LogP contribution in [0, 0.1) is 6.92 Å². The molecule has 0 bridgehead atoms. The van der Waals surface area contributed by atoms with Gasteiger partial charge in [0, 0.05) is 19.2 Å². The lowest BCUT2D eigenvalue weighted by Crippen LogP contribution is -2.29. The lowest BCUT2D eigenvalue weighted by atomic mass is 10.3. The summed E-state index contributed by atoms with van der Waals surface area (Å²) in [6, 6.07) is 3.85. The Morgan fingerprint density at radius 1 is 1.50 bits per heavy atom. The first-order valence-electron chi connectivity index (χ1n) is 4.86. The van der Waals surface area contributed by atoms with E-state index in [9.17, 15) is 4.79 Å². The van der Waals surface area contributed by atoms with Crippen LogP contribution in [0.15, 0.2) is 18.3 Å². The molecule has 76 valence electrons. The van der Waals surface area contributed by atoms with Gasteiger partial charge in [0.1, 0.15) is 0 Å². The molecular formula is C11H16N2O. The van der Waals surface area contributed by atoms with Gasteiger partial charge in [0.2, 0.25) is 5.91 Å². The molecule has 0 saturated carbocycles. The van der Waals surface area contributed by atoms with E-state index >= 15 is 0 Å². The third-order valence-electron chi connectivity index (χ3n) is 2.03. The van der Waals surface area contributed by atoms with Crippen molar-refractivity contribution < 1.29 is 4.79 Å². The molecule has 14 heavy (non-hydrogen) atoms. The quantitative estimate of drug-likeness (QED) is 0.735. The molecule has 0 radical (unpaired) electrons. The number of anilines is 1. The Labute approximate surface area is 84.8 Å². The Morgan fingerprint density at radius 3 is 2.64 bits per heavy atom. The molecule has 3 heteroatoms. The van der Waals surface area contributed by atoms with Gasteiger partial charge >= 0.3 is 0 Å². The minimum Gasteiger partial charge on any atom is -0.311 e. The Morgan fingerprint density at radius 2 is 2.21 bits per heavy atom. The standard InChI is InChI=1S/C11H16N2O/c1-4-7-13(10(3)14)11-6-5-9(2)12-8-11/h5-6,8H,4,7H2,1-3H3. The van der Waals surface area contributed by atoms with Crippen LogP contribution < -0.4 is 4.90 Å². The fourth-order valence-electron chi connectivity index (χ4n) is 1.31. The van der Waals surface area contributed by atoms with Crippen molar-refractivity contribution in [1.82, 2.24) is 4.98 Å². The minimum absolute atomic E-state index is 0.0671. The van der Waals surface area contributed by atoms with Crippen LogP contribution in [-0.4, -0.2) is 17.4 Å². The second-order valence-electron chi connectivity index (χ2n) is 3.33. The number of aryl methyl sites for hydroxylation is 1. The van der Waals surface area contributed by atoms with Crippen molar-refractivity contribution in [3.63, 3.8) is 0 Å². The van der Waals surface area contributed by atoms with Gasteiger partial charge in [0.15, 0.2) is 0 Å². The molecule has 0 aliphatic heterocycles. The highest BCUT2D eigenvalue weighted by molar-refractivity contribution is 5.91. The zero-order valence-electron chi connectivity index (χ0n) is 8.95. The van der Waals surface area contributed by atoms with Gasteiger partial charge in [-0.2, -0.15) is 0 Å². The highest BCUT2D eigenvalue weighted by Gasteiger charge is 2.09. The summed E-state index contributed by atoms with van der Waals surface area (Å²) in [5.74, 6) is 0.0671. The Hall–Kier alpha value is -1.38. The third-order valence-corrected chi connectivity index (χ3v) is 2.03. The first-order chi connectivity index (χ1) is 6.65. The van der Waals surface area contributed by atoms with E-state index in [1.165, 1.54) is 0 Å². The second-order valence-corrected chi connectivity index (χ2v) is 3.33. The molecular weight excluding hydrogens is 176 g/mol. The van der Waals surface area contributed by atoms with Crippen molar-refractivity contribution in [2.24, 2.45) is 0 Å². The molecule has 0 unspecified atom stereocenters. The summed E-state index contributed by atoms with van der Waals surface area (Å²) in [6.45, 7) is 6.31. The molecule has 1 amide bonds. The average molecular weight is 192 g/mol. The van der Waals surface area contributed by atoms with Crippen LogP contribution in [0.3, 0.4) is 0 Å². The third kappa shape index (κ3) is 2.55. The number of pyridine rings is 1. The zero-order chi connectivity index (χ0) is 10.6. The van der Waals surface area contributed by atoms with E-state index in [1.54, 1.807) is 18.0 Å². The number of amides is 1. The van der Waals surface area contributed by atoms with Crippen LogP contribution in [0.25, 0.3) is 0 Å². The molecule has 3 nitrogen and oxygen atoms in total. The van der Waals surface area contributed by atoms with E-state index < -0.39 is 0 Å². The number of carbonyl (C=O) groups is 1. The second kappa shape index (κ2) is 4.74. The monoisotopic (exact) mass is 192 g/mol. The van der Waals surface area contributed by atoms with Crippen molar-refractivity contribution in [3.8, 4) is 0 Å². The lowest BCUT2D eigenvalue weighted by molar-refractivity contribution is -0.116. The highest BCUT2D eigenvalue weighted by atomic mass is 16.2. The predicted octanol–water partition coefficient (Wildman–Crippen LogP) is 2.15. The van der Waals surface area contributed by atoms with Crippen molar-refractivity contribution in [3.05, 3.63) is 24.0 Å². The van der Waals surface area contributed by atoms with Crippen LogP contribution in [0.5, 0.6) is 0 Å². The number of hydrogen-bond acceptors (Lipinski definition) is 2. The SMILES string of the molecule is CCCN(C(C)=O)c1ccc(C)nc1. The molecule has 0 aromatic carbocycles. The molecule has 0 atom stereocenters.